The smallest absolute Gasteiger partial charge is 0.274 e. The summed E-state index contributed by atoms with van der Waals surface area (Å²) in [7, 11) is 0. The van der Waals surface area contributed by atoms with Gasteiger partial charge in [-0.15, -0.1) is 0 Å². The summed E-state index contributed by atoms with van der Waals surface area (Å²) in [5, 5.41) is 3.02. The summed E-state index contributed by atoms with van der Waals surface area (Å²) in [6.07, 6.45) is 5.28. The highest BCUT2D eigenvalue weighted by molar-refractivity contribution is 5.93. The number of carbonyl (C=O) groups excluding carboxylic acids is 2. The standard InChI is InChI=1S/C24H30N4O4/c29-23(25-13-19-7-4-12-31-19)18-8-10-27(11-9-18)24(30)22-20-15-32-21(14-28(20)16-26-22)17-5-2-1-3-6-17/h1-3,5-6,16,18-19,21H,4,7-15H2,(H,25,29). The molecule has 0 aliphatic carbocycles. The van der Waals surface area contributed by atoms with Gasteiger partial charge in [0, 0.05) is 32.2 Å². The summed E-state index contributed by atoms with van der Waals surface area (Å²) in [4.78, 5) is 31.9. The minimum Gasteiger partial charge on any atom is -0.376 e. The van der Waals surface area contributed by atoms with Gasteiger partial charge >= 0.3 is 0 Å². The summed E-state index contributed by atoms with van der Waals surface area (Å²) < 4.78 is 13.6. The van der Waals surface area contributed by atoms with Gasteiger partial charge in [0.15, 0.2) is 5.69 Å². The Morgan fingerprint density at radius 1 is 1.09 bits per heavy atom. The van der Waals surface area contributed by atoms with Crippen LogP contribution in [0.15, 0.2) is 36.7 Å². The molecule has 0 saturated carbocycles. The Bertz CT molecular complexity index is 946. The highest BCUT2D eigenvalue weighted by Crippen LogP contribution is 2.28. The lowest BCUT2D eigenvalue weighted by Gasteiger charge is -2.32. The first kappa shape index (κ1) is 21.2. The van der Waals surface area contributed by atoms with Crippen molar-refractivity contribution in [3.8, 4) is 0 Å². The van der Waals surface area contributed by atoms with Crippen LogP contribution in [0.4, 0.5) is 0 Å². The van der Waals surface area contributed by atoms with E-state index in [1.54, 1.807) is 6.33 Å². The van der Waals surface area contributed by atoms with E-state index in [4.69, 9.17) is 9.47 Å². The summed E-state index contributed by atoms with van der Waals surface area (Å²) >= 11 is 0. The minimum atomic E-state index is -0.0706. The van der Waals surface area contributed by atoms with Gasteiger partial charge in [0.05, 0.1) is 31.3 Å². The van der Waals surface area contributed by atoms with Crippen LogP contribution in [0.5, 0.6) is 0 Å². The molecule has 0 radical (unpaired) electrons. The fraction of sp³-hybridized carbons (Fsp3) is 0.542. The highest BCUT2D eigenvalue weighted by Gasteiger charge is 2.32. The van der Waals surface area contributed by atoms with Crippen molar-refractivity contribution in [3.05, 3.63) is 53.6 Å². The third kappa shape index (κ3) is 4.42. The molecule has 2 atom stereocenters. The first-order valence-electron chi connectivity index (χ1n) is 11.6. The molecule has 170 valence electrons. The van der Waals surface area contributed by atoms with E-state index >= 15 is 0 Å². The van der Waals surface area contributed by atoms with Crippen molar-refractivity contribution in [2.75, 3.05) is 26.2 Å². The molecule has 3 aliphatic rings. The Morgan fingerprint density at radius 3 is 2.66 bits per heavy atom. The summed E-state index contributed by atoms with van der Waals surface area (Å²) in [5.74, 6) is -0.0441. The third-order valence-corrected chi connectivity index (χ3v) is 6.78. The maximum Gasteiger partial charge on any atom is 0.274 e. The molecule has 2 amide bonds. The molecule has 0 bridgehead atoms. The Morgan fingerprint density at radius 2 is 1.91 bits per heavy atom. The minimum absolute atomic E-state index is 0.0373. The molecule has 1 aromatic carbocycles. The fourth-order valence-corrected chi connectivity index (χ4v) is 4.83. The van der Waals surface area contributed by atoms with Crippen LogP contribution in [0, 0.1) is 5.92 Å². The lowest BCUT2D eigenvalue weighted by Crippen LogP contribution is -2.44. The van der Waals surface area contributed by atoms with Crippen LogP contribution >= 0.6 is 0 Å². The third-order valence-electron chi connectivity index (χ3n) is 6.78. The predicted molar refractivity (Wildman–Crippen MR) is 117 cm³/mol. The van der Waals surface area contributed by atoms with Crippen molar-refractivity contribution < 1.29 is 19.1 Å². The second kappa shape index (κ2) is 9.42. The number of piperidine rings is 1. The van der Waals surface area contributed by atoms with Gasteiger partial charge in [-0.3, -0.25) is 9.59 Å². The Labute approximate surface area is 187 Å². The number of amides is 2. The molecule has 8 nitrogen and oxygen atoms in total. The van der Waals surface area contributed by atoms with Crippen LogP contribution < -0.4 is 5.32 Å². The van der Waals surface area contributed by atoms with Crippen LogP contribution in [-0.4, -0.2) is 58.6 Å². The number of hydrogen-bond acceptors (Lipinski definition) is 5. The van der Waals surface area contributed by atoms with Crippen molar-refractivity contribution in [2.45, 2.75) is 51.0 Å². The average molecular weight is 439 g/mol. The second-order valence-electron chi connectivity index (χ2n) is 8.85. The summed E-state index contributed by atoms with van der Waals surface area (Å²) in [5.41, 5.74) is 2.43. The molecular formula is C24H30N4O4. The predicted octanol–water partition coefficient (Wildman–Crippen LogP) is 2.30. The number of nitrogens with one attached hydrogen (secondary N) is 1. The lowest BCUT2D eigenvalue weighted by atomic mass is 9.95. The summed E-state index contributed by atoms with van der Waals surface area (Å²) in [6, 6.07) is 10.1. The molecule has 2 fully saturated rings. The molecule has 0 spiro atoms. The number of rotatable bonds is 5. The van der Waals surface area contributed by atoms with Crippen molar-refractivity contribution >= 4 is 11.8 Å². The normalized spacial score (nSPS) is 23.7. The quantitative estimate of drug-likeness (QED) is 0.774. The van der Waals surface area contributed by atoms with Crippen molar-refractivity contribution in [1.29, 1.82) is 0 Å². The zero-order chi connectivity index (χ0) is 21.9. The largest absolute Gasteiger partial charge is 0.376 e. The number of hydrogen-bond donors (Lipinski definition) is 1. The van der Waals surface area contributed by atoms with Crippen molar-refractivity contribution in [2.24, 2.45) is 5.92 Å². The molecule has 5 rings (SSSR count). The van der Waals surface area contributed by atoms with Gasteiger partial charge < -0.3 is 24.3 Å². The van der Waals surface area contributed by atoms with Gasteiger partial charge in [0.2, 0.25) is 5.91 Å². The Balaban J connectivity index is 1.15. The second-order valence-corrected chi connectivity index (χ2v) is 8.85. The van der Waals surface area contributed by atoms with Crippen LogP contribution in [0.2, 0.25) is 0 Å². The SMILES string of the molecule is O=C(NCC1CCCO1)C1CCN(C(=O)c2ncn3c2COC(c2ccccc2)C3)CC1. The van der Waals surface area contributed by atoms with Crippen LogP contribution in [0.1, 0.15) is 53.5 Å². The molecule has 1 N–H and O–H groups in total. The topological polar surface area (TPSA) is 85.7 Å². The van der Waals surface area contributed by atoms with E-state index in [0.29, 0.717) is 51.3 Å². The van der Waals surface area contributed by atoms with E-state index in [-0.39, 0.29) is 29.9 Å². The number of nitrogens with zero attached hydrogens (tertiary/aromatic N) is 3. The van der Waals surface area contributed by atoms with Crippen molar-refractivity contribution in [1.82, 2.24) is 19.8 Å². The average Bonchev–Trinajstić information content (AvgIpc) is 3.52. The molecule has 2 unspecified atom stereocenters. The zero-order valence-corrected chi connectivity index (χ0v) is 18.2. The van der Waals surface area contributed by atoms with E-state index < -0.39 is 0 Å². The first-order valence-corrected chi connectivity index (χ1v) is 11.6. The molecule has 32 heavy (non-hydrogen) atoms. The zero-order valence-electron chi connectivity index (χ0n) is 18.2. The Hall–Kier alpha value is -2.71. The van der Waals surface area contributed by atoms with Gasteiger partial charge in [-0.2, -0.15) is 0 Å². The molecule has 8 heteroatoms. The molecular weight excluding hydrogens is 408 g/mol. The first-order chi connectivity index (χ1) is 15.7. The van der Waals surface area contributed by atoms with Crippen LogP contribution in [0.25, 0.3) is 0 Å². The molecule has 2 aromatic rings. The number of benzene rings is 1. The monoisotopic (exact) mass is 438 g/mol. The lowest BCUT2D eigenvalue weighted by molar-refractivity contribution is -0.126. The van der Waals surface area contributed by atoms with Crippen LogP contribution in [0.3, 0.4) is 0 Å². The van der Waals surface area contributed by atoms with E-state index in [1.165, 1.54) is 0 Å². The molecule has 3 aliphatic heterocycles. The summed E-state index contributed by atoms with van der Waals surface area (Å²) in [6.45, 7) is 3.52. The molecule has 1 aromatic heterocycles. The van der Waals surface area contributed by atoms with E-state index in [1.807, 2.05) is 27.7 Å². The van der Waals surface area contributed by atoms with Gasteiger partial charge in [-0.05, 0) is 31.2 Å². The number of carbonyl (C=O) groups is 2. The van der Waals surface area contributed by atoms with E-state index in [0.717, 1.165) is 30.7 Å². The van der Waals surface area contributed by atoms with Crippen LogP contribution in [-0.2, 0) is 27.4 Å². The van der Waals surface area contributed by atoms with E-state index in [9.17, 15) is 9.59 Å². The Kier molecular flexibility index (Phi) is 6.23. The number of ether oxygens (including phenoxy) is 2. The van der Waals surface area contributed by atoms with E-state index in [2.05, 4.69) is 22.4 Å². The van der Waals surface area contributed by atoms with Gasteiger partial charge in [-0.1, -0.05) is 30.3 Å². The van der Waals surface area contributed by atoms with Gasteiger partial charge in [0.25, 0.3) is 5.91 Å². The number of imidazole rings is 1. The molecule has 4 heterocycles. The number of aromatic nitrogens is 2. The van der Waals surface area contributed by atoms with Gasteiger partial charge in [-0.25, -0.2) is 4.98 Å². The maximum atomic E-state index is 13.1. The van der Waals surface area contributed by atoms with Gasteiger partial charge in [0.1, 0.15) is 6.10 Å². The number of likely N-dealkylation sites (tertiary alicyclic amines) is 1. The fourth-order valence-electron chi connectivity index (χ4n) is 4.83. The number of fused-ring (bicyclic) bond motifs is 1. The highest BCUT2D eigenvalue weighted by atomic mass is 16.5. The molecule has 2 saturated heterocycles. The van der Waals surface area contributed by atoms with Crippen molar-refractivity contribution in [3.63, 3.8) is 0 Å². The maximum absolute atomic E-state index is 13.1.